The number of amides is 1. The van der Waals surface area contributed by atoms with Gasteiger partial charge < -0.3 is 10.0 Å². The number of hydrogen-bond acceptors (Lipinski definition) is 4. The van der Waals surface area contributed by atoms with Crippen LogP contribution in [0.25, 0.3) is 0 Å². The van der Waals surface area contributed by atoms with Crippen molar-refractivity contribution in [2.45, 2.75) is 31.4 Å². The van der Waals surface area contributed by atoms with Crippen LogP contribution >= 0.6 is 11.8 Å². The summed E-state index contributed by atoms with van der Waals surface area (Å²) in [6.07, 6.45) is 5.35. The Hall–Kier alpha value is -1.56. The first kappa shape index (κ1) is 15.8. The Labute approximate surface area is 128 Å². The third-order valence-electron chi connectivity index (χ3n) is 3.78. The number of aryl methyl sites for hydroxylation is 1. The third-order valence-corrected chi connectivity index (χ3v) is 4.84. The molecule has 2 heterocycles. The lowest BCUT2D eigenvalue weighted by molar-refractivity contribution is 0.0692. The SMILES string of the molecule is CSC1CCCCN(C(=O)c2ccc(C(=O)O)c(C)n2)C1. The highest BCUT2D eigenvalue weighted by atomic mass is 32.2. The molecule has 0 radical (unpaired) electrons. The van der Waals surface area contributed by atoms with Crippen LogP contribution in [0.15, 0.2) is 12.1 Å². The predicted octanol–water partition coefficient (Wildman–Crippen LogP) is 2.45. The van der Waals surface area contributed by atoms with Crippen LogP contribution in [0.4, 0.5) is 0 Å². The summed E-state index contributed by atoms with van der Waals surface area (Å²) in [5.41, 5.74) is 0.855. The molecule has 21 heavy (non-hydrogen) atoms. The average molecular weight is 308 g/mol. The van der Waals surface area contributed by atoms with Gasteiger partial charge in [-0.25, -0.2) is 9.78 Å². The molecular formula is C15H20N2O3S. The van der Waals surface area contributed by atoms with E-state index in [9.17, 15) is 9.59 Å². The van der Waals surface area contributed by atoms with Crippen molar-refractivity contribution < 1.29 is 14.7 Å². The minimum absolute atomic E-state index is 0.101. The minimum atomic E-state index is -1.02. The number of aromatic carboxylic acids is 1. The largest absolute Gasteiger partial charge is 0.478 e. The van der Waals surface area contributed by atoms with E-state index in [2.05, 4.69) is 11.2 Å². The number of carboxylic acid groups (broad SMARTS) is 1. The number of carbonyl (C=O) groups excluding carboxylic acids is 1. The minimum Gasteiger partial charge on any atom is -0.478 e. The Morgan fingerprint density at radius 3 is 2.76 bits per heavy atom. The lowest BCUT2D eigenvalue weighted by Gasteiger charge is -2.23. The summed E-state index contributed by atoms with van der Waals surface area (Å²) in [6, 6.07) is 2.97. The Morgan fingerprint density at radius 1 is 1.38 bits per heavy atom. The Balaban J connectivity index is 2.18. The molecule has 1 atom stereocenters. The van der Waals surface area contributed by atoms with Crippen LogP contribution < -0.4 is 0 Å². The van der Waals surface area contributed by atoms with Crippen molar-refractivity contribution in [2.75, 3.05) is 19.3 Å². The van der Waals surface area contributed by atoms with Gasteiger partial charge in [0.2, 0.25) is 0 Å². The monoisotopic (exact) mass is 308 g/mol. The second kappa shape index (κ2) is 6.93. The molecular weight excluding hydrogens is 288 g/mol. The third kappa shape index (κ3) is 3.75. The van der Waals surface area contributed by atoms with E-state index >= 15 is 0 Å². The smallest absolute Gasteiger partial charge is 0.337 e. The first-order valence-electron chi connectivity index (χ1n) is 7.06. The lowest BCUT2D eigenvalue weighted by atomic mass is 10.2. The molecule has 114 valence electrons. The molecule has 1 aliphatic rings. The van der Waals surface area contributed by atoms with E-state index in [-0.39, 0.29) is 11.5 Å². The van der Waals surface area contributed by atoms with Crippen molar-refractivity contribution >= 4 is 23.6 Å². The second-order valence-electron chi connectivity index (χ2n) is 5.24. The molecule has 1 aromatic rings. The summed E-state index contributed by atoms with van der Waals surface area (Å²) in [6.45, 7) is 3.10. The maximum Gasteiger partial charge on any atom is 0.337 e. The molecule has 1 aromatic heterocycles. The van der Waals surface area contributed by atoms with Gasteiger partial charge in [0, 0.05) is 18.3 Å². The number of thioether (sulfide) groups is 1. The van der Waals surface area contributed by atoms with Gasteiger partial charge >= 0.3 is 5.97 Å². The van der Waals surface area contributed by atoms with E-state index in [0.717, 1.165) is 32.4 Å². The first-order chi connectivity index (χ1) is 10.0. The molecule has 5 nitrogen and oxygen atoms in total. The molecule has 6 heteroatoms. The van der Waals surface area contributed by atoms with E-state index < -0.39 is 5.97 Å². The number of aromatic nitrogens is 1. The van der Waals surface area contributed by atoms with Gasteiger partial charge in [-0.2, -0.15) is 11.8 Å². The van der Waals surface area contributed by atoms with Gasteiger partial charge in [-0.05, 0) is 38.2 Å². The first-order valence-corrected chi connectivity index (χ1v) is 8.34. The molecule has 0 bridgehead atoms. The fourth-order valence-electron chi connectivity index (χ4n) is 2.55. The predicted molar refractivity (Wildman–Crippen MR) is 83.0 cm³/mol. The van der Waals surface area contributed by atoms with Gasteiger partial charge in [-0.1, -0.05) is 6.42 Å². The molecule has 0 saturated carbocycles. The quantitative estimate of drug-likeness (QED) is 0.928. The molecule has 0 spiro atoms. The average Bonchev–Trinajstić information content (AvgIpc) is 2.71. The lowest BCUT2D eigenvalue weighted by Crippen LogP contribution is -2.36. The molecule has 0 aliphatic carbocycles. The van der Waals surface area contributed by atoms with Crippen molar-refractivity contribution in [3.05, 3.63) is 29.1 Å². The fraction of sp³-hybridized carbons (Fsp3) is 0.533. The molecule has 1 saturated heterocycles. The molecule has 1 unspecified atom stereocenters. The molecule has 1 fully saturated rings. The zero-order valence-electron chi connectivity index (χ0n) is 12.3. The van der Waals surface area contributed by atoms with Crippen LogP contribution in [-0.2, 0) is 0 Å². The summed E-state index contributed by atoms with van der Waals surface area (Å²) >= 11 is 1.79. The van der Waals surface area contributed by atoms with E-state index in [1.807, 2.05) is 4.90 Å². The van der Waals surface area contributed by atoms with Gasteiger partial charge in [0.05, 0.1) is 11.3 Å². The van der Waals surface area contributed by atoms with Crippen LogP contribution in [0.5, 0.6) is 0 Å². The van der Waals surface area contributed by atoms with Crippen LogP contribution in [0.3, 0.4) is 0 Å². The van der Waals surface area contributed by atoms with E-state index in [1.54, 1.807) is 18.7 Å². The summed E-state index contributed by atoms with van der Waals surface area (Å²) in [7, 11) is 0. The van der Waals surface area contributed by atoms with Crippen LogP contribution in [0.1, 0.15) is 45.8 Å². The van der Waals surface area contributed by atoms with Crippen molar-refractivity contribution in [1.29, 1.82) is 0 Å². The van der Waals surface area contributed by atoms with Crippen molar-refractivity contribution in [3.8, 4) is 0 Å². The van der Waals surface area contributed by atoms with Gasteiger partial charge in [0.15, 0.2) is 0 Å². The molecule has 1 N–H and O–H groups in total. The number of pyridine rings is 1. The highest BCUT2D eigenvalue weighted by Gasteiger charge is 2.24. The van der Waals surface area contributed by atoms with Gasteiger partial charge in [-0.15, -0.1) is 0 Å². The number of carboxylic acids is 1. The number of rotatable bonds is 3. The zero-order valence-corrected chi connectivity index (χ0v) is 13.2. The van der Waals surface area contributed by atoms with Crippen molar-refractivity contribution in [2.24, 2.45) is 0 Å². The van der Waals surface area contributed by atoms with Crippen LogP contribution in [-0.4, -0.2) is 51.5 Å². The zero-order chi connectivity index (χ0) is 15.4. The normalized spacial score (nSPS) is 19.1. The highest BCUT2D eigenvalue weighted by molar-refractivity contribution is 7.99. The Morgan fingerprint density at radius 2 is 2.14 bits per heavy atom. The summed E-state index contributed by atoms with van der Waals surface area (Å²) in [5, 5.41) is 9.48. The highest BCUT2D eigenvalue weighted by Crippen LogP contribution is 2.21. The van der Waals surface area contributed by atoms with E-state index in [4.69, 9.17) is 5.11 Å². The Bertz CT molecular complexity index is 548. The molecule has 1 amide bonds. The topological polar surface area (TPSA) is 70.5 Å². The summed E-state index contributed by atoms with van der Waals surface area (Å²) < 4.78 is 0. The molecule has 0 aromatic carbocycles. The molecule has 1 aliphatic heterocycles. The van der Waals surface area contributed by atoms with E-state index in [1.165, 1.54) is 12.1 Å². The number of nitrogens with zero attached hydrogens (tertiary/aromatic N) is 2. The van der Waals surface area contributed by atoms with Crippen LogP contribution in [0.2, 0.25) is 0 Å². The number of carbonyl (C=O) groups is 2. The van der Waals surface area contributed by atoms with Gasteiger partial charge in [0.25, 0.3) is 5.91 Å². The van der Waals surface area contributed by atoms with E-state index in [0.29, 0.717) is 16.6 Å². The van der Waals surface area contributed by atoms with Crippen LogP contribution in [0, 0.1) is 6.92 Å². The second-order valence-corrected chi connectivity index (χ2v) is 6.38. The summed E-state index contributed by atoms with van der Waals surface area (Å²) in [4.78, 5) is 29.6. The van der Waals surface area contributed by atoms with Crippen molar-refractivity contribution in [3.63, 3.8) is 0 Å². The van der Waals surface area contributed by atoms with Gasteiger partial charge in [-0.3, -0.25) is 4.79 Å². The number of likely N-dealkylation sites (tertiary alicyclic amines) is 1. The summed E-state index contributed by atoms with van der Waals surface area (Å²) in [5.74, 6) is -1.12. The maximum absolute atomic E-state index is 12.6. The van der Waals surface area contributed by atoms with Crippen molar-refractivity contribution in [1.82, 2.24) is 9.88 Å². The maximum atomic E-state index is 12.6. The number of hydrogen-bond donors (Lipinski definition) is 1. The Kier molecular flexibility index (Phi) is 5.22. The van der Waals surface area contributed by atoms with Gasteiger partial charge in [0.1, 0.15) is 5.69 Å². The standard InChI is InChI=1S/C15H20N2O3S/c1-10-12(15(19)20)6-7-13(16-10)14(18)17-8-4-3-5-11(9-17)21-2/h6-7,11H,3-5,8-9H2,1-2H3,(H,19,20). The molecule has 2 rings (SSSR count). The fourth-order valence-corrected chi connectivity index (χ4v) is 3.28.